The lowest BCUT2D eigenvalue weighted by atomic mass is 10.1. The van der Waals surface area contributed by atoms with Crippen LogP contribution in [0.5, 0.6) is 28.7 Å². The number of anilines is 1. The molecule has 2 amide bonds. The smallest absolute Gasteiger partial charge is 0.259 e. The van der Waals surface area contributed by atoms with Crippen molar-refractivity contribution in [1.82, 2.24) is 0 Å². The number of carbonyl (C=O) groups is 2. The van der Waals surface area contributed by atoms with Gasteiger partial charge < -0.3 is 34.7 Å². The van der Waals surface area contributed by atoms with E-state index in [1.54, 1.807) is 18.2 Å². The maximum atomic E-state index is 12.8. The van der Waals surface area contributed by atoms with E-state index in [9.17, 15) is 9.59 Å². The fraction of sp³-hybridized carbons (Fsp3) is 0.263. The average Bonchev–Trinajstić information content (AvgIpc) is 2.71. The third-order valence-electron chi connectivity index (χ3n) is 3.74. The fourth-order valence-corrected chi connectivity index (χ4v) is 2.42. The molecule has 0 aliphatic rings. The summed E-state index contributed by atoms with van der Waals surface area (Å²) in [6.07, 6.45) is 0. The summed E-state index contributed by atoms with van der Waals surface area (Å²) in [5.41, 5.74) is 5.76. The van der Waals surface area contributed by atoms with Crippen molar-refractivity contribution in [2.45, 2.75) is 0 Å². The van der Waals surface area contributed by atoms with E-state index in [0.717, 1.165) is 0 Å². The van der Waals surface area contributed by atoms with Gasteiger partial charge in [0.05, 0.1) is 34.0 Å². The minimum Gasteiger partial charge on any atom is -0.496 e. The average molecular weight is 390 g/mol. The Morgan fingerprint density at radius 1 is 0.821 bits per heavy atom. The highest BCUT2D eigenvalue weighted by Gasteiger charge is 2.18. The number of primary amides is 1. The summed E-state index contributed by atoms with van der Waals surface area (Å²) in [6, 6.07) is 7.82. The SMILES string of the molecule is COc1cc(OC)c(C(=O)Nc2ccc(OC)c(OCC(N)=O)c2)cc1OC. The maximum Gasteiger partial charge on any atom is 0.259 e. The Bertz CT molecular complexity index is 868. The second-order valence-corrected chi connectivity index (χ2v) is 5.48. The normalized spacial score (nSPS) is 10.0. The second-order valence-electron chi connectivity index (χ2n) is 5.48. The molecule has 0 saturated heterocycles. The number of benzene rings is 2. The van der Waals surface area contributed by atoms with E-state index in [0.29, 0.717) is 28.7 Å². The van der Waals surface area contributed by atoms with Crippen LogP contribution in [0.25, 0.3) is 0 Å². The highest BCUT2D eigenvalue weighted by molar-refractivity contribution is 6.06. The van der Waals surface area contributed by atoms with Crippen LogP contribution in [-0.4, -0.2) is 46.9 Å². The van der Waals surface area contributed by atoms with Gasteiger partial charge in [-0.25, -0.2) is 0 Å². The molecule has 0 atom stereocenters. The molecule has 0 saturated carbocycles. The summed E-state index contributed by atoms with van der Waals surface area (Å²) >= 11 is 0. The van der Waals surface area contributed by atoms with E-state index in [-0.39, 0.29) is 17.9 Å². The highest BCUT2D eigenvalue weighted by atomic mass is 16.5. The Hall–Kier alpha value is -3.62. The van der Waals surface area contributed by atoms with Crippen molar-refractivity contribution >= 4 is 17.5 Å². The van der Waals surface area contributed by atoms with Gasteiger partial charge >= 0.3 is 0 Å². The molecule has 0 fully saturated rings. The van der Waals surface area contributed by atoms with Gasteiger partial charge in [-0.05, 0) is 12.1 Å². The molecule has 0 aliphatic heterocycles. The molecule has 150 valence electrons. The lowest BCUT2D eigenvalue weighted by molar-refractivity contribution is -0.119. The number of nitrogens with one attached hydrogen (secondary N) is 1. The summed E-state index contributed by atoms with van der Waals surface area (Å²) in [6.45, 7) is -0.322. The first-order chi connectivity index (χ1) is 13.4. The van der Waals surface area contributed by atoms with Crippen LogP contribution >= 0.6 is 0 Å². The van der Waals surface area contributed by atoms with Crippen LogP contribution in [-0.2, 0) is 4.79 Å². The summed E-state index contributed by atoms with van der Waals surface area (Å²) in [5, 5.41) is 2.73. The summed E-state index contributed by atoms with van der Waals surface area (Å²) in [5.74, 6) is 0.710. The van der Waals surface area contributed by atoms with Gasteiger partial charge in [0.15, 0.2) is 29.6 Å². The van der Waals surface area contributed by atoms with Crippen molar-refractivity contribution in [3.05, 3.63) is 35.9 Å². The van der Waals surface area contributed by atoms with Crippen LogP contribution in [0.2, 0.25) is 0 Å². The summed E-state index contributed by atoms with van der Waals surface area (Å²) in [4.78, 5) is 23.7. The number of hydrogen-bond acceptors (Lipinski definition) is 7. The molecule has 2 aromatic rings. The zero-order valence-corrected chi connectivity index (χ0v) is 16.0. The van der Waals surface area contributed by atoms with Crippen molar-refractivity contribution in [3.63, 3.8) is 0 Å². The number of ether oxygens (including phenoxy) is 5. The zero-order valence-electron chi connectivity index (χ0n) is 16.0. The maximum absolute atomic E-state index is 12.8. The molecule has 0 radical (unpaired) electrons. The second kappa shape index (κ2) is 9.36. The van der Waals surface area contributed by atoms with Crippen LogP contribution in [0, 0.1) is 0 Å². The van der Waals surface area contributed by atoms with E-state index >= 15 is 0 Å². The van der Waals surface area contributed by atoms with Crippen molar-refractivity contribution in [1.29, 1.82) is 0 Å². The molecule has 3 N–H and O–H groups in total. The standard InChI is InChI=1S/C19H22N2O7/c1-24-13-6-5-11(7-17(13)28-10-18(20)22)21-19(23)12-8-15(26-3)16(27-4)9-14(12)25-2/h5-9H,10H2,1-4H3,(H2,20,22)(H,21,23). The zero-order chi connectivity index (χ0) is 20.7. The molecule has 9 nitrogen and oxygen atoms in total. The minimum atomic E-state index is -0.633. The summed E-state index contributed by atoms with van der Waals surface area (Å²) < 4.78 is 26.2. The number of hydrogen-bond donors (Lipinski definition) is 2. The quantitative estimate of drug-likeness (QED) is 0.670. The Balaban J connectivity index is 2.31. The van der Waals surface area contributed by atoms with Crippen LogP contribution in [0.3, 0.4) is 0 Å². The lowest BCUT2D eigenvalue weighted by Crippen LogP contribution is -2.20. The Kier molecular flexibility index (Phi) is 6.91. The molecule has 0 aromatic heterocycles. The van der Waals surface area contributed by atoms with Gasteiger partial charge in [0.25, 0.3) is 11.8 Å². The molecule has 2 rings (SSSR count). The third-order valence-corrected chi connectivity index (χ3v) is 3.74. The Labute approximate surface area is 162 Å². The van der Waals surface area contributed by atoms with Crippen LogP contribution < -0.4 is 34.7 Å². The molecule has 0 spiro atoms. The predicted molar refractivity (Wildman–Crippen MR) is 102 cm³/mol. The van der Waals surface area contributed by atoms with Crippen molar-refractivity contribution in [2.75, 3.05) is 40.4 Å². The fourth-order valence-electron chi connectivity index (χ4n) is 2.42. The third kappa shape index (κ3) is 4.76. The van der Waals surface area contributed by atoms with Crippen molar-refractivity contribution in [3.8, 4) is 28.7 Å². The molecule has 0 aliphatic carbocycles. The molecule has 9 heteroatoms. The Morgan fingerprint density at radius 3 is 2.00 bits per heavy atom. The minimum absolute atomic E-state index is 0.246. The number of rotatable bonds is 9. The van der Waals surface area contributed by atoms with E-state index in [1.807, 2.05) is 0 Å². The van der Waals surface area contributed by atoms with Gasteiger partial charge in [0.2, 0.25) is 0 Å². The molecule has 0 heterocycles. The van der Waals surface area contributed by atoms with Crippen molar-refractivity contribution < 1.29 is 33.3 Å². The molecule has 0 bridgehead atoms. The summed E-state index contributed by atoms with van der Waals surface area (Å²) in [7, 11) is 5.86. The van der Waals surface area contributed by atoms with E-state index in [1.165, 1.54) is 40.6 Å². The van der Waals surface area contributed by atoms with E-state index in [4.69, 9.17) is 29.4 Å². The first-order valence-electron chi connectivity index (χ1n) is 8.14. The van der Waals surface area contributed by atoms with Crippen molar-refractivity contribution in [2.24, 2.45) is 5.73 Å². The molecular formula is C19H22N2O7. The number of methoxy groups -OCH3 is 4. The van der Waals surface area contributed by atoms with Crippen LogP contribution in [0.4, 0.5) is 5.69 Å². The molecule has 2 aromatic carbocycles. The first kappa shape index (κ1) is 20.7. The monoisotopic (exact) mass is 390 g/mol. The number of carbonyl (C=O) groups excluding carboxylic acids is 2. The topological polar surface area (TPSA) is 118 Å². The van der Waals surface area contributed by atoms with Gasteiger partial charge in [0.1, 0.15) is 5.75 Å². The number of amides is 2. The lowest BCUT2D eigenvalue weighted by Gasteiger charge is -2.15. The van der Waals surface area contributed by atoms with E-state index < -0.39 is 11.8 Å². The van der Waals surface area contributed by atoms with Gasteiger partial charge in [-0.1, -0.05) is 0 Å². The largest absolute Gasteiger partial charge is 0.496 e. The Morgan fingerprint density at radius 2 is 1.43 bits per heavy atom. The van der Waals surface area contributed by atoms with E-state index in [2.05, 4.69) is 5.32 Å². The van der Waals surface area contributed by atoms with Gasteiger partial charge in [-0.3, -0.25) is 9.59 Å². The molecule has 0 unspecified atom stereocenters. The van der Waals surface area contributed by atoms with Gasteiger partial charge in [0, 0.05) is 23.9 Å². The molecule has 28 heavy (non-hydrogen) atoms. The van der Waals surface area contributed by atoms with Crippen LogP contribution in [0.1, 0.15) is 10.4 Å². The number of nitrogens with two attached hydrogens (primary N) is 1. The van der Waals surface area contributed by atoms with Gasteiger partial charge in [-0.2, -0.15) is 0 Å². The highest BCUT2D eigenvalue weighted by Crippen LogP contribution is 2.35. The molecular weight excluding hydrogens is 368 g/mol. The van der Waals surface area contributed by atoms with Gasteiger partial charge in [-0.15, -0.1) is 0 Å². The first-order valence-corrected chi connectivity index (χ1v) is 8.14. The predicted octanol–water partition coefficient (Wildman–Crippen LogP) is 1.84. The van der Waals surface area contributed by atoms with Crippen LogP contribution in [0.15, 0.2) is 30.3 Å².